The molecule has 1 unspecified atom stereocenters. The molecule has 2 N–H and O–H groups in total. The van der Waals surface area contributed by atoms with Gasteiger partial charge in [0.25, 0.3) is 0 Å². The van der Waals surface area contributed by atoms with Gasteiger partial charge in [-0.2, -0.15) is 0 Å². The minimum atomic E-state index is -1.64. The van der Waals surface area contributed by atoms with Gasteiger partial charge in [-0.1, -0.05) is 20.8 Å². The van der Waals surface area contributed by atoms with E-state index in [1.165, 1.54) is 0 Å². The molecule has 1 aliphatic rings. The number of rotatable bonds is 4. The Balaban J connectivity index is 2.30. The molecule has 17 heavy (non-hydrogen) atoms. The molecule has 0 aliphatic carbocycles. The van der Waals surface area contributed by atoms with Crippen molar-refractivity contribution in [1.82, 2.24) is 10.6 Å². The van der Waals surface area contributed by atoms with Crippen LogP contribution < -0.4 is 10.6 Å². The molecule has 1 rings (SSSR count). The van der Waals surface area contributed by atoms with Gasteiger partial charge in [-0.15, -0.1) is 0 Å². The molecule has 1 aliphatic heterocycles. The molecule has 0 radical (unpaired) electrons. The zero-order chi connectivity index (χ0) is 13.1. The predicted molar refractivity (Wildman–Crippen MR) is 72.6 cm³/mol. The van der Waals surface area contributed by atoms with Gasteiger partial charge in [0.1, 0.15) is 0 Å². The van der Waals surface area contributed by atoms with Crippen LogP contribution in [0.4, 0.5) is 0 Å². The van der Waals surface area contributed by atoms with Gasteiger partial charge in [0.2, 0.25) is 5.91 Å². The van der Waals surface area contributed by atoms with Crippen LogP contribution in [-0.4, -0.2) is 40.0 Å². The molecule has 0 aromatic carbocycles. The lowest BCUT2D eigenvalue weighted by Gasteiger charge is -2.36. The average molecular weight is 258 g/mol. The predicted octanol–water partition coefficient (Wildman–Crippen LogP) is 1.49. The first-order valence-corrected chi connectivity index (χ1v) is 9.27. The molecule has 1 atom stereocenters. The number of carbonyl (C=O) groups excluding carboxylic acids is 1. The van der Waals surface area contributed by atoms with E-state index >= 15 is 0 Å². The molecule has 1 saturated heterocycles. The van der Waals surface area contributed by atoms with Gasteiger partial charge in [0.05, 0.1) is 6.54 Å². The Labute approximate surface area is 106 Å². The summed E-state index contributed by atoms with van der Waals surface area (Å²) in [5.74, 6) is 0.0913. The van der Waals surface area contributed by atoms with Gasteiger partial charge in [-0.3, -0.25) is 4.79 Å². The Bertz CT molecular complexity index is 274. The molecular formula is C12H26N2O2Si. The van der Waals surface area contributed by atoms with Crippen LogP contribution in [0.2, 0.25) is 18.1 Å². The maximum Gasteiger partial charge on any atom is 0.234 e. The third-order valence-electron chi connectivity index (χ3n) is 3.78. The number of hydrogen-bond acceptors (Lipinski definition) is 3. The van der Waals surface area contributed by atoms with E-state index in [9.17, 15) is 4.79 Å². The van der Waals surface area contributed by atoms with Gasteiger partial charge >= 0.3 is 0 Å². The number of nitrogens with one attached hydrogen (secondary N) is 2. The highest BCUT2D eigenvalue weighted by Gasteiger charge is 2.37. The van der Waals surface area contributed by atoms with E-state index in [-0.39, 0.29) is 17.0 Å². The lowest BCUT2D eigenvalue weighted by Crippen LogP contribution is -2.52. The lowest BCUT2D eigenvalue weighted by atomic mass is 10.2. The second kappa shape index (κ2) is 5.50. The third-order valence-corrected chi connectivity index (χ3v) is 8.31. The third kappa shape index (κ3) is 4.41. The molecule has 1 amide bonds. The SMILES string of the molecule is CC(C)(C)[Si](C)(C)OCCC1CNCC(=O)N1. The molecule has 4 nitrogen and oxygen atoms in total. The van der Waals surface area contributed by atoms with Crippen molar-refractivity contribution in [3.8, 4) is 0 Å². The average Bonchev–Trinajstić information content (AvgIpc) is 2.15. The Hall–Kier alpha value is -0.393. The zero-order valence-electron chi connectivity index (χ0n) is 11.7. The molecule has 1 fully saturated rings. The maximum absolute atomic E-state index is 11.2. The fourth-order valence-corrected chi connectivity index (χ4v) is 2.60. The van der Waals surface area contributed by atoms with Gasteiger partial charge < -0.3 is 15.1 Å². The van der Waals surface area contributed by atoms with E-state index in [4.69, 9.17) is 4.43 Å². The Morgan fingerprint density at radius 2 is 2.06 bits per heavy atom. The summed E-state index contributed by atoms with van der Waals surface area (Å²) in [6.45, 7) is 13.3. The van der Waals surface area contributed by atoms with E-state index in [1.54, 1.807) is 0 Å². The molecule has 100 valence electrons. The fourth-order valence-electron chi connectivity index (χ4n) is 1.54. The van der Waals surface area contributed by atoms with Crippen molar-refractivity contribution < 1.29 is 9.22 Å². The first-order valence-electron chi connectivity index (χ1n) is 6.36. The smallest absolute Gasteiger partial charge is 0.234 e. The Kier molecular flexibility index (Phi) is 4.74. The molecule has 5 heteroatoms. The van der Waals surface area contributed by atoms with Crippen molar-refractivity contribution in [3.63, 3.8) is 0 Å². The van der Waals surface area contributed by atoms with Crippen LogP contribution in [0.1, 0.15) is 27.2 Å². The van der Waals surface area contributed by atoms with E-state index in [0.29, 0.717) is 6.54 Å². The summed E-state index contributed by atoms with van der Waals surface area (Å²) in [5.41, 5.74) is 0. The van der Waals surface area contributed by atoms with Crippen LogP contribution in [0.5, 0.6) is 0 Å². The van der Waals surface area contributed by atoms with Crippen LogP contribution in [0.3, 0.4) is 0 Å². The van der Waals surface area contributed by atoms with E-state index in [0.717, 1.165) is 19.6 Å². The highest BCUT2D eigenvalue weighted by Crippen LogP contribution is 2.36. The zero-order valence-corrected chi connectivity index (χ0v) is 12.7. The normalized spacial score (nSPS) is 22.4. The summed E-state index contributed by atoms with van der Waals surface area (Å²) in [6.07, 6.45) is 0.894. The van der Waals surface area contributed by atoms with Crippen molar-refractivity contribution in [2.75, 3.05) is 19.7 Å². The van der Waals surface area contributed by atoms with Gasteiger partial charge in [-0.05, 0) is 24.6 Å². The summed E-state index contributed by atoms with van der Waals surface area (Å²) in [6, 6.07) is 0.223. The van der Waals surface area contributed by atoms with Gasteiger partial charge in [-0.25, -0.2) is 0 Å². The highest BCUT2D eigenvalue weighted by molar-refractivity contribution is 6.74. The van der Waals surface area contributed by atoms with Crippen molar-refractivity contribution in [2.24, 2.45) is 0 Å². The van der Waals surface area contributed by atoms with Crippen LogP contribution in [-0.2, 0) is 9.22 Å². The monoisotopic (exact) mass is 258 g/mol. The van der Waals surface area contributed by atoms with Crippen LogP contribution >= 0.6 is 0 Å². The maximum atomic E-state index is 11.2. The van der Waals surface area contributed by atoms with Crippen molar-refractivity contribution in [1.29, 1.82) is 0 Å². The first-order chi connectivity index (χ1) is 7.72. The van der Waals surface area contributed by atoms with E-state index < -0.39 is 8.32 Å². The number of piperazine rings is 1. The van der Waals surface area contributed by atoms with Crippen molar-refractivity contribution >= 4 is 14.2 Å². The summed E-state index contributed by atoms with van der Waals surface area (Å²) in [5, 5.41) is 6.33. The second-order valence-electron chi connectivity index (χ2n) is 6.29. The van der Waals surface area contributed by atoms with Crippen molar-refractivity contribution in [2.45, 2.75) is 51.4 Å². The van der Waals surface area contributed by atoms with Crippen molar-refractivity contribution in [3.05, 3.63) is 0 Å². The summed E-state index contributed by atoms with van der Waals surface area (Å²) < 4.78 is 6.09. The lowest BCUT2D eigenvalue weighted by molar-refractivity contribution is -0.122. The molecule has 0 aromatic heterocycles. The summed E-state index contributed by atoms with van der Waals surface area (Å²) in [7, 11) is -1.64. The van der Waals surface area contributed by atoms with E-state index in [1.807, 2.05) is 0 Å². The van der Waals surface area contributed by atoms with Gasteiger partial charge in [0.15, 0.2) is 8.32 Å². The number of hydrogen-bond donors (Lipinski definition) is 2. The minimum Gasteiger partial charge on any atom is -0.417 e. The standard InChI is InChI=1S/C12H26N2O2Si/c1-12(2,3)17(4,5)16-7-6-10-8-13-9-11(15)14-10/h10,13H,6-9H2,1-5H3,(H,14,15). The molecule has 0 aromatic rings. The first kappa shape index (κ1) is 14.7. The molecule has 0 saturated carbocycles. The summed E-state index contributed by atoms with van der Waals surface area (Å²) >= 11 is 0. The van der Waals surface area contributed by atoms with Crippen LogP contribution in [0, 0.1) is 0 Å². The molecule has 0 spiro atoms. The molecule has 1 heterocycles. The molecular weight excluding hydrogens is 232 g/mol. The number of amides is 1. The largest absolute Gasteiger partial charge is 0.417 e. The topological polar surface area (TPSA) is 50.4 Å². The highest BCUT2D eigenvalue weighted by atomic mass is 28.4. The second-order valence-corrected chi connectivity index (χ2v) is 11.1. The van der Waals surface area contributed by atoms with Crippen LogP contribution in [0.25, 0.3) is 0 Å². The minimum absolute atomic E-state index is 0.0913. The van der Waals surface area contributed by atoms with E-state index in [2.05, 4.69) is 44.5 Å². The quantitative estimate of drug-likeness (QED) is 0.751. The number of carbonyl (C=O) groups is 1. The molecule has 0 bridgehead atoms. The summed E-state index contributed by atoms with van der Waals surface area (Å²) in [4.78, 5) is 11.2. The Morgan fingerprint density at radius 1 is 1.41 bits per heavy atom. The van der Waals surface area contributed by atoms with Gasteiger partial charge in [0, 0.05) is 19.2 Å². The Morgan fingerprint density at radius 3 is 2.59 bits per heavy atom. The van der Waals surface area contributed by atoms with Crippen LogP contribution in [0.15, 0.2) is 0 Å². The fraction of sp³-hybridized carbons (Fsp3) is 0.917.